The van der Waals surface area contributed by atoms with E-state index in [-0.39, 0.29) is 31.6 Å². The molecule has 2 aromatic carbocycles. The number of esters is 1. The number of amides is 1. The molecule has 7 heteroatoms. The second kappa shape index (κ2) is 9.20. The number of likely N-dealkylation sites (tertiary alicyclic amines) is 1. The van der Waals surface area contributed by atoms with Gasteiger partial charge in [-0.25, -0.2) is 9.59 Å². The second-order valence-corrected chi connectivity index (χ2v) is 8.35. The zero-order chi connectivity index (χ0) is 22.7. The van der Waals surface area contributed by atoms with Gasteiger partial charge in [-0.2, -0.15) is 0 Å². The molecule has 0 radical (unpaired) electrons. The Kier molecular flexibility index (Phi) is 6.37. The number of benzene rings is 2. The minimum absolute atomic E-state index is 0.115. The molecular weight excluding hydrogens is 410 g/mol. The molecule has 2 aliphatic rings. The molecule has 32 heavy (non-hydrogen) atoms. The van der Waals surface area contributed by atoms with Gasteiger partial charge in [-0.1, -0.05) is 42.5 Å². The van der Waals surface area contributed by atoms with E-state index in [2.05, 4.69) is 0 Å². The lowest BCUT2D eigenvalue weighted by Crippen LogP contribution is -2.44. The summed E-state index contributed by atoms with van der Waals surface area (Å²) < 4.78 is 16.0. The molecular formula is C25H29NO6. The highest BCUT2D eigenvalue weighted by Gasteiger charge is 2.60. The summed E-state index contributed by atoms with van der Waals surface area (Å²) >= 11 is 0. The Balaban J connectivity index is 1.57. The van der Waals surface area contributed by atoms with Gasteiger partial charge in [-0.15, -0.1) is 0 Å². The average molecular weight is 440 g/mol. The second-order valence-electron chi connectivity index (χ2n) is 8.35. The van der Waals surface area contributed by atoms with Crippen LogP contribution >= 0.6 is 0 Å². The van der Waals surface area contributed by atoms with Gasteiger partial charge in [0.15, 0.2) is 0 Å². The molecule has 1 heterocycles. The summed E-state index contributed by atoms with van der Waals surface area (Å²) in [6.45, 7) is 2.31. The van der Waals surface area contributed by atoms with E-state index in [4.69, 9.17) is 14.2 Å². The molecule has 1 aliphatic heterocycles. The molecule has 4 atom stereocenters. The largest absolute Gasteiger partial charge is 0.497 e. The van der Waals surface area contributed by atoms with Gasteiger partial charge in [0.1, 0.15) is 18.4 Å². The number of aliphatic hydroxyl groups is 1. The summed E-state index contributed by atoms with van der Waals surface area (Å²) in [7, 11) is 1.59. The molecule has 170 valence electrons. The zero-order valence-electron chi connectivity index (χ0n) is 18.4. The first-order valence-electron chi connectivity index (χ1n) is 11.0. The molecule has 1 amide bonds. The van der Waals surface area contributed by atoms with Crippen molar-refractivity contribution >= 4 is 12.1 Å². The first kappa shape index (κ1) is 22.1. The zero-order valence-corrected chi connectivity index (χ0v) is 18.4. The van der Waals surface area contributed by atoms with E-state index < -0.39 is 23.7 Å². The van der Waals surface area contributed by atoms with Gasteiger partial charge >= 0.3 is 12.1 Å². The molecule has 0 bridgehead atoms. The fourth-order valence-corrected chi connectivity index (χ4v) is 5.11. The van der Waals surface area contributed by atoms with Crippen molar-refractivity contribution in [2.24, 2.45) is 11.8 Å². The summed E-state index contributed by atoms with van der Waals surface area (Å²) in [6, 6.07) is 15.9. The monoisotopic (exact) mass is 439 g/mol. The van der Waals surface area contributed by atoms with Gasteiger partial charge in [0, 0.05) is 12.5 Å². The predicted molar refractivity (Wildman–Crippen MR) is 117 cm³/mol. The quantitative estimate of drug-likeness (QED) is 0.694. The summed E-state index contributed by atoms with van der Waals surface area (Å²) in [5.41, 5.74) is 0.478. The highest BCUT2D eigenvalue weighted by atomic mass is 16.6. The van der Waals surface area contributed by atoms with Crippen LogP contribution in [0.2, 0.25) is 0 Å². The maximum atomic E-state index is 13.0. The van der Waals surface area contributed by atoms with Gasteiger partial charge in [0.25, 0.3) is 0 Å². The van der Waals surface area contributed by atoms with Crippen molar-refractivity contribution in [1.82, 2.24) is 4.90 Å². The first-order chi connectivity index (χ1) is 15.5. The van der Waals surface area contributed by atoms with Crippen LogP contribution in [0.5, 0.6) is 5.75 Å². The average Bonchev–Trinajstić information content (AvgIpc) is 3.37. The number of fused-ring (bicyclic) bond motifs is 1. The lowest BCUT2D eigenvalue weighted by atomic mass is 9.81. The smallest absolute Gasteiger partial charge is 0.410 e. The Morgan fingerprint density at radius 2 is 1.81 bits per heavy atom. The third-order valence-corrected chi connectivity index (χ3v) is 6.68. The Morgan fingerprint density at radius 1 is 1.09 bits per heavy atom. The van der Waals surface area contributed by atoms with Gasteiger partial charge in [0.05, 0.1) is 19.3 Å². The van der Waals surface area contributed by atoms with E-state index in [0.29, 0.717) is 18.6 Å². The number of hydrogen-bond donors (Lipinski definition) is 1. The molecule has 0 aromatic heterocycles. The maximum absolute atomic E-state index is 13.0. The van der Waals surface area contributed by atoms with E-state index in [1.165, 1.54) is 4.90 Å². The van der Waals surface area contributed by atoms with Crippen molar-refractivity contribution < 1.29 is 28.9 Å². The number of nitrogens with zero attached hydrogens (tertiary/aromatic N) is 1. The normalized spacial score (nSPS) is 26.5. The van der Waals surface area contributed by atoms with Gasteiger partial charge < -0.3 is 19.3 Å². The lowest BCUT2D eigenvalue weighted by molar-refractivity contribution is -0.149. The molecule has 2 fully saturated rings. The van der Waals surface area contributed by atoms with Crippen LogP contribution in [0.15, 0.2) is 54.6 Å². The number of ether oxygens (including phenoxy) is 3. The van der Waals surface area contributed by atoms with E-state index in [0.717, 1.165) is 11.1 Å². The summed E-state index contributed by atoms with van der Waals surface area (Å²) in [5, 5.41) is 11.7. The molecule has 1 unspecified atom stereocenters. The predicted octanol–water partition coefficient (Wildman–Crippen LogP) is 3.49. The van der Waals surface area contributed by atoms with Crippen molar-refractivity contribution in [2.75, 3.05) is 20.3 Å². The fourth-order valence-electron chi connectivity index (χ4n) is 5.11. The van der Waals surface area contributed by atoms with Crippen LogP contribution in [0, 0.1) is 11.8 Å². The van der Waals surface area contributed by atoms with Crippen LogP contribution in [-0.2, 0) is 26.5 Å². The van der Waals surface area contributed by atoms with E-state index in [9.17, 15) is 14.7 Å². The number of hydrogen-bond acceptors (Lipinski definition) is 6. The SMILES string of the molecule is CCOC(=O)[C@@H]1[C@H]2CCC(O)(c3ccc(OC)cc3)[C@H]2CN1C(=O)OCc1ccccc1. The van der Waals surface area contributed by atoms with Crippen molar-refractivity contribution in [1.29, 1.82) is 0 Å². The molecule has 1 saturated carbocycles. The molecule has 4 rings (SSSR count). The molecule has 7 nitrogen and oxygen atoms in total. The van der Waals surface area contributed by atoms with E-state index in [1.807, 2.05) is 54.6 Å². The van der Waals surface area contributed by atoms with Crippen molar-refractivity contribution in [3.63, 3.8) is 0 Å². The molecule has 1 N–H and O–H groups in total. The molecule has 2 aromatic rings. The number of rotatable bonds is 6. The molecule has 1 aliphatic carbocycles. The Labute approximate surface area is 187 Å². The van der Waals surface area contributed by atoms with Crippen LogP contribution in [0.1, 0.15) is 30.9 Å². The number of methoxy groups -OCH3 is 1. The maximum Gasteiger partial charge on any atom is 0.410 e. The first-order valence-corrected chi connectivity index (χ1v) is 11.0. The Hall–Kier alpha value is -3.06. The Bertz CT molecular complexity index is 947. The lowest BCUT2D eigenvalue weighted by Gasteiger charge is -2.30. The standard InChI is InChI=1S/C25H29NO6/c1-3-31-23(27)22-20-13-14-25(29,18-9-11-19(30-2)12-10-18)21(20)15-26(22)24(28)32-16-17-7-5-4-6-8-17/h4-12,20-22,29H,3,13-16H2,1-2H3/t20-,21-,22-,25?/m0/s1. The number of carbonyl (C=O) groups is 2. The van der Waals surface area contributed by atoms with Gasteiger partial charge in [-0.3, -0.25) is 4.90 Å². The van der Waals surface area contributed by atoms with Crippen LogP contribution in [-0.4, -0.2) is 48.4 Å². The minimum Gasteiger partial charge on any atom is -0.497 e. The molecule has 0 spiro atoms. The highest BCUT2D eigenvalue weighted by molar-refractivity contribution is 5.83. The Morgan fingerprint density at radius 3 is 2.47 bits per heavy atom. The number of carbonyl (C=O) groups excluding carboxylic acids is 2. The van der Waals surface area contributed by atoms with Crippen LogP contribution < -0.4 is 4.74 Å². The van der Waals surface area contributed by atoms with Crippen molar-refractivity contribution in [2.45, 2.75) is 38.0 Å². The highest BCUT2D eigenvalue weighted by Crippen LogP contribution is 2.53. The van der Waals surface area contributed by atoms with E-state index in [1.54, 1.807) is 14.0 Å². The van der Waals surface area contributed by atoms with Crippen LogP contribution in [0.4, 0.5) is 4.79 Å². The van der Waals surface area contributed by atoms with Crippen molar-refractivity contribution in [3.05, 3.63) is 65.7 Å². The third-order valence-electron chi connectivity index (χ3n) is 6.68. The van der Waals surface area contributed by atoms with Crippen LogP contribution in [0.25, 0.3) is 0 Å². The summed E-state index contributed by atoms with van der Waals surface area (Å²) in [6.07, 6.45) is 0.551. The summed E-state index contributed by atoms with van der Waals surface area (Å²) in [5.74, 6) is -0.246. The fraction of sp³-hybridized carbons (Fsp3) is 0.440. The van der Waals surface area contributed by atoms with Crippen molar-refractivity contribution in [3.8, 4) is 5.75 Å². The van der Waals surface area contributed by atoms with E-state index >= 15 is 0 Å². The van der Waals surface area contributed by atoms with Gasteiger partial charge in [-0.05, 0) is 48.9 Å². The minimum atomic E-state index is -1.14. The topological polar surface area (TPSA) is 85.3 Å². The van der Waals surface area contributed by atoms with Gasteiger partial charge in [0.2, 0.25) is 0 Å². The van der Waals surface area contributed by atoms with Crippen LogP contribution in [0.3, 0.4) is 0 Å². The summed E-state index contributed by atoms with van der Waals surface area (Å²) in [4.78, 5) is 27.3. The molecule has 1 saturated heterocycles. The third kappa shape index (κ3) is 4.05.